The quantitative estimate of drug-likeness (QED) is 0.794. The Kier molecular flexibility index (Phi) is 3.25. The van der Waals surface area contributed by atoms with E-state index in [2.05, 4.69) is 20.2 Å². The second-order valence-corrected chi connectivity index (χ2v) is 5.32. The fourth-order valence-electron chi connectivity index (χ4n) is 2.61. The monoisotopic (exact) mass is 274 g/mol. The van der Waals surface area contributed by atoms with E-state index in [-0.39, 0.29) is 11.8 Å². The second kappa shape index (κ2) is 5.07. The number of rotatable bonds is 2. The van der Waals surface area contributed by atoms with Gasteiger partial charge >= 0.3 is 0 Å². The smallest absolute Gasteiger partial charge is 0.225 e. The van der Waals surface area contributed by atoms with Crippen LogP contribution in [-0.4, -0.2) is 57.8 Å². The Morgan fingerprint density at radius 3 is 2.75 bits per heavy atom. The van der Waals surface area contributed by atoms with Gasteiger partial charge < -0.3 is 9.80 Å². The van der Waals surface area contributed by atoms with Gasteiger partial charge in [0, 0.05) is 33.1 Å². The number of fused-ring (bicyclic) bond motifs is 1. The van der Waals surface area contributed by atoms with Crippen LogP contribution in [0.1, 0.15) is 12.8 Å². The molecule has 3 heterocycles. The molecule has 20 heavy (non-hydrogen) atoms. The van der Waals surface area contributed by atoms with Crippen molar-refractivity contribution in [3.8, 4) is 0 Å². The van der Waals surface area contributed by atoms with Crippen molar-refractivity contribution in [1.82, 2.24) is 24.7 Å². The van der Waals surface area contributed by atoms with Crippen molar-refractivity contribution in [1.29, 1.82) is 0 Å². The average Bonchev–Trinajstić information content (AvgIpc) is 2.94. The van der Waals surface area contributed by atoms with Gasteiger partial charge in [-0.15, -0.1) is 15.3 Å². The highest BCUT2D eigenvalue weighted by atomic mass is 16.2. The summed E-state index contributed by atoms with van der Waals surface area (Å²) < 4.78 is 1.67. The summed E-state index contributed by atoms with van der Waals surface area (Å²) in [5, 5.41) is 12.3. The predicted molar refractivity (Wildman–Crippen MR) is 74.4 cm³/mol. The first-order valence-corrected chi connectivity index (χ1v) is 6.78. The molecule has 2 aromatic rings. The first-order chi connectivity index (χ1) is 9.65. The van der Waals surface area contributed by atoms with Crippen LogP contribution in [-0.2, 0) is 4.79 Å². The van der Waals surface area contributed by atoms with Gasteiger partial charge in [0.05, 0.1) is 0 Å². The summed E-state index contributed by atoms with van der Waals surface area (Å²) in [5.74, 6) is 1.28. The number of aromatic nitrogens is 4. The first kappa shape index (κ1) is 12.8. The van der Waals surface area contributed by atoms with Crippen molar-refractivity contribution in [2.75, 3.05) is 32.1 Å². The highest BCUT2D eigenvalue weighted by molar-refractivity contribution is 5.78. The minimum absolute atomic E-state index is 0.139. The van der Waals surface area contributed by atoms with Crippen LogP contribution in [0.15, 0.2) is 18.5 Å². The van der Waals surface area contributed by atoms with Crippen LogP contribution in [0.4, 0.5) is 5.82 Å². The highest BCUT2D eigenvalue weighted by Gasteiger charge is 2.26. The van der Waals surface area contributed by atoms with Gasteiger partial charge in [0.2, 0.25) is 5.91 Å². The van der Waals surface area contributed by atoms with E-state index in [1.165, 1.54) is 0 Å². The SMILES string of the molecule is CN(C)C(=O)C1CCN(c2ccc3nncn3n2)CC1. The third-order valence-electron chi connectivity index (χ3n) is 3.76. The third-order valence-corrected chi connectivity index (χ3v) is 3.76. The van der Waals surface area contributed by atoms with E-state index in [1.54, 1.807) is 15.7 Å². The summed E-state index contributed by atoms with van der Waals surface area (Å²) in [7, 11) is 3.63. The fraction of sp³-hybridized carbons (Fsp3) is 0.538. The van der Waals surface area contributed by atoms with Crippen molar-refractivity contribution >= 4 is 17.4 Å². The van der Waals surface area contributed by atoms with Gasteiger partial charge in [-0.2, -0.15) is 4.52 Å². The molecule has 7 heteroatoms. The molecule has 2 aromatic heterocycles. The normalized spacial score (nSPS) is 16.6. The molecule has 0 saturated carbocycles. The van der Waals surface area contributed by atoms with Gasteiger partial charge in [0.1, 0.15) is 12.1 Å². The molecule has 1 amide bonds. The zero-order valence-electron chi connectivity index (χ0n) is 11.7. The lowest BCUT2D eigenvalue weighted by atomic mass is 9.95. The van der Waals surface area contributed by atoms with Crippen LogP contribution in [0, 0.1) is 5.92 Å². The summed E-state index contributed by atoms with van der Waals surface area (Å²) in [6.07, 6.45) is 3.35. The van der Waals surface area contributed by atoms with Crippen molar-refractivity contribution < 1.29 is 4.79 Å². The molecule has 1 fully saturated rings. The Balaban J connectivity index is 1.69. The summed E-state index contributed by atoms with van der Waals surface area (Å²) in [5.41, 5.74) is 0.742. The Morgan fingerprint density at radius 2 is 2.05 bits per heavy atom. The van der Waals surface area contributed by atoms with Crippen molar-refractivity contribution in [3.63, 3.8) is 0 Å². The van der Waals surface area contributed by atoms with E-state index >= 15 is 0 Å². The molecule has 0 unspecified atom stereocenters. The van der Waals surface area contributed by atoms with Gasteiger partial charge in [-0.05, 0) is 25.0 Å². The van der Waals surface area contributed by atoms with Crippen molar-refractivity contribution in [3.05, 3.63) is 18.5 Å². The number of piperidine rings is 1. The Bertz CT molecular complexity index is 614. The van der Waals surface area contributed by atoms with Gasteiger partial charge in [-0.3, -0.25) is 4.79 Å². The summed E-state index contributed by atoms with van der Waals surface area (Å²) >= 11 is 0. The summed E-state index contributed by atoms with van der Waals surface area (Å²) in [6.45, 7) is 1.70. The van der Waals surface area contributed by atoms with E-state index < -0.39 is 0 Å². The maximum Gasteiger partial charge on any atom is 0.225 e. The molecular formula is C13H18N6O. The number of hydrogen-bond donors (Lipinski definition) is 0. The summed E-state index contributed by atoms with van der Waals surface area (Å²) in [4.78, 5) is 15.8. The molecule has 0 aliphatic carbocycles. The van der Waals surface area contributed by atoms with Gasteiger partial charge in [-0.1, -0.05) is 0 Å². The van der Waals surface area contributed by atoms with Crippen molar-refractivity contribution in [2.24, 2.45) is 5.92 Å². The van der Waals surface area contributed by atoms with E-state index in [0.717, 1.165) is 37.4 Å². The molecule has 0 atom stereocenters. The minimum Gasteiger partial charge on any atom is -0.355 e. The number of nitrogens with zero attached hydrogens (tertiary/aromatic N) is 6. The topological polar surface area (TPSA) is 66.6 Å². The minimum atomic E-state index is 0.139. The molecule has 1 saturated heterocycles. The molecule has 0 spiro atoms. The van der Waals surface area contributed by atoms with Gasteiger partial charge in [-0.25, -0.2) is 0 Å². The van der Waals surface area contributed by atoms with E-state index in [4.69, 9.17) is 0 Å². The lowest BCUT2D eigenvalue weighted by molar-refractivity contribution is -0.133. The third kappa shape index (κ3) is 2.31. The molecule has 1 aliphatic heterocycles. The standard InChI is InChI=1S/C13H18N6O/c1-17(2)13(20)10-5-7-18(8-6-10)12-4-3-11-15-14-9-19(11)16-12/h3-4,9-10H,5-8H2,1-2H3. The van der Waals surface area contributed by atoms with Gasteiger partial charge in [0.15, 0.2) is 5.65 Å². The average molecular weight is 274 g/mol. The first-order valence-electron chi connectivity index (χ1n) is 6.78. The lowest BCUT2D eigenvalue weighted by Crippen LogP contribution is -2.40. The van der Waals surface area contributed by atoms with E-state index in [0.29, 0.717) is 0 Å². The Labute approximate surface area is 117 Å². The molecule has 0 radical (unpaired) electrons. The van der Waals surface area contributed by atoms with Crippen LogP contribution >= 0.6 is 0 Å². The van der Waals surface area contributed by atoms with Crippen LogP contribution in [0.3, 0.4) is 0 Å². The molecule has 1 aliphatic rings. The van der Waals surface area contributed by atoms with Crippen LogP contribution < -0.4 is 4.90 Å². The molecule has 0 N–H and O–H groups in total. The number of amides is 1. The van der Waals surface area contributed by atoms with Crippen LogP contribution in [0.2, 0.25) is 0 Å². The highest BCUT2D eigenvalue weighted by Crippen LogP contribution is 2.22. The molecule has 7 nitrogen and oxygen atoms in total. The zero-order valence-corrected chi connectivity index (χ0v) is 11.7. The maximum atomic E-state index is 12.0. The largest absolute Gasteiger partial charge is 0.355 e. The van der Waals surface area contributed by atoms with Crippen LogP contribution in [0.5, 0.6) is 0 Å². The molecule has 0 aromatic carbocycles. The molecule has 106 valence electrons. The van der Waals surface area contributed by atoms with Crippen molar-refractivity contribution in [2.45, 2.75) is 12.8 Å². The molecular weight excluding hydrogens is 256 g/mol. The molecule has 0 bridgehead atoms. The van der Waals surface area contributed by atoms with Gasteiger partial charge in [0.25, 0.3) is 0 Å². The van der Waals surface area contributed by atoms with E-state index in [1.807, 2.05) is 26.2 Å². The van der Waals surface area contributed by atoms with E-state index in [9.17, 15) is 4.79 Å². The summed E-state index contributed by atoms with van der Waals surface area (Å²) in [6, 6.07) is 3.87. The number of hydrogen-bond acceptors (Lipinski definition) is 5. The number of carbonyl (C=O) groups is 1. The Morgan fingerprint density at radius 1 is 1.30 bits per heavy atom. The Hall–Kier alpha value is -2.18. The van der Waals surface area contributed by atoms with Crippen LogP contribution in [0.25, 0.3) is 5.65 Å². The molecule has 3 rings (SSSR count). The lowest BCUT2D eigenvalue weighted by Gasteiger charge is -2.33. The predicted octanol–water partition coefficient (Wildman–Crippen LogP) is 0.429. The zero-order chi connectivity index (χ0) is 14.1. The fourth-order valence-corrected chi connectivity index (χ4v) is 2.61. The maximum absolute atomic E-state index is 12.0. The number of carbonyl (C=O) groups excluding carboxylic acids is 1. The second-order valence-electron chi connectivity index (χ2n) is 5.32. The number of anilines is 1.